The fourth-order valence-corrected chi connectivity index (χ4v) is 3.67. The molecule has 0 saturated carbocycles. The average molecular weight is 376 g/mol. The van der Waals surface area contributed by atoms with Gasteiger partial charge in [-0.05, 0) is 18.8 Å². The maximum absolute atomic E-state index is 13.1. The molecule has 3 aromatic heterocycles. The molecule has 0 fully saturated rings. The van der Waals surface area contributed by atoms with E-state index in [1.807, 2.05) is 25.3 Å². The van der Waals surface area contributed by atoms with Gasteiger partial charge in [0.2, 0.25) is 0 Å². The molecule has 0 amide bonds. The van der Waals surface area contributed by atoms with Crippen LogP contribution in [0.15, 0.2) is 15.9 Å². The molecule has 0 N–H and O–H groups in total. The molecule has 26 heavy (non-hydrogen) atoms. The first-order valence-electron chi connectivity index (χ1n) is 8.75. The van der Waals surface area contributed by atoms with Gasteiger partial charge in [0.15, 0.2) is 11.2 Å². The number of rotatable bonds is 6. The molecule has 8 nitrogen and oxygen atoms in total. The first-order valence-corrected chi connectivity index (χ1v) is 9.57. The van der Waals surface area contributed by atoms with Crippen LogP contribution < -0.4 is 11.2 Å². The van der Waals surface area contributed by atoms with Gasteiger partial charge in [0.25, 0.3) is 5.56 Å². The number of imidazole rings is 1. The van der Waals surface area contributed by atoms with E-state index >= 15 is 0 Å². The van der Waals surface area contributed by atoms with Gasteiger partial charge in [-0.2, -0.15) is 0 Å². The van der Waals surface area contributed by atoms with Gasteiger partial charge < -0.3 is 4.57 Å². The van der Waals surface area contributed by atoms with Crippen LogP contribution in [0.3, 0.4) is 0 Å². The second kappa shape index (κ2) is 7.14. The minimum absolute atomic E-state index is 0.129. The Hall–Kier alpha value is -2.29. The molecule has 3 rings (SSSR count). The largest absolute Gasteiger partial charge is 0.333 e. The molecular formula is C17H24N6O2S. The van der Waals surface area contributed by atoms with Gasteiger partial charge in [-0.15, -0.1) is 10.2 Å². The second-order valence-electron chi connectivity index (χ2n) is 7.36. The van der Waals surface area contributed by atoms with E-state index in [0.717, 1.165) is 5.01 Å². The summed E-state index contributed by atoms with van der Waals surface area (Å²) >= 11 is 1.39. The first-order chi connectivity index (χ1) is 12.3. The van der Waals surface area contributed by atoms with Gasteiger partial charge in [0.1, 0.15) is 10.0 Å². The summed E-state index contributed by atoms with van der Waals surface area (Å²) < 4.78 is 4.70. The van der Waals surface area contributed by atoms with E-state index in [-0.39, 0.29) is 23.7 Å². The van der Waals surface area contributed by atoms with Gasteiger partial charge >= 0.3 is 5.69 Å². The van der Waals surface area contributed by atoms with Gasteiger partial charge in [-0.1, -0.05) is 39.0 Å². The van der Waals surface area contributed by atoms with Crippen molar-refractivity contribution in [1.82, 2.24) is 28.9 Å². The third-order valence-electron chi connectivity index (χ3n) is 3.95. The van der Waals surface area contributed by atoms with Crippen LogP contribution in [0.5, 0.6) is 0 Å². The molecule has 0 spiro atoms. The summed E-state index contributed by atoms with van der Waals surface area (Å²) in [5.74, 6) is 0.609. The Labute approximate surface area is 155 Å². The number of hydrogen-bond donors (Lipinski definition) is 0. The van der Waals surface area contributed by atoms with Crippen LogP contribution >= 0.6 is 11.3 Å². The SMILES string of the molecule is Cc1nnc(Cn2c(=O)c3c(ncn3CC(C)C)n(CC(C)C)c2=O)s1. The predicted octanol–water partition coefficient (Wildman–Crippen LogP) is 1.88. The zero-order valence-corrected chi connectivity index (χ0v) is 16.6. The first kappa shape index (κ1) is 18.5. The summed E-state index contributed by atoms with van der Waals surface area (Å²) in [4.78, 5) is 30.5. The van der Waals surface area contributed by atoms with Crippen molar-refractivity contribution in [3.05, 3.63) is 37.2 Å². The fraction of sp³-hybridized carbons (Fsp3) is 0.588. The molecule has 0 aromatic carbocycles. The van der Waals surface area contributed by atoms with Crippen LogP contribution in [0.25, 0.3) is 11.2 Å². The van der Waals surface area contributed by atoms with Crippen LogP contribution in [0.1, 0.15) is 37.7 Å². The van der Waals surface area contributed by atoms with Gasteiger partial charge in [0.05, 0.1) is 12.9 Å². The molecule has 0 aliphatic carbocycles. The van der Waals surface area contributed by atoms with E-state index < -0.39 is 0 Å². The van der Waals surface area contributed by atoms with E-state index in [4.69, 9.17) is 0 Å². The molecule has 3 aromatic rings. The van der Waals surface area contributed by atoms with Crippen molar-refractivity contribution in [2.75, 3.05) is 0 Å². The number of aryl methyl sites for hydroxylation is 1. The quantitative estimate of drug-likeness (QED) is 0.655. The predicted molar refractivity (Wildman–Crippen MR) is 102 cm³/mol. The number of nitrogens with zero attached hydrogens (tertiary/aromatic N) is 6. The molecule has 0 aliphatic rings. The maximum Gasteiger partial charge on any atom is 0.333 e. The second-order valence-corrected chi connectivity index (χ2v) is 8.62. The van der Waals surface area contributed by atoms with Crippen molar-refractivity contribution in [3.63, 3.8) is 0 Å². The number of aromatic nitrogens is 6. The molecule has 0 aliphatic heterocycles. The third-order valence-corrected chi connectivity index (χ3v) is 4.78. The molecule has 0 bridgehead atoms. The van der Waals surface area contributed by atoms with Crippen molar-refractivity contribution >= 4 is 22.5 Å². The molecule has 0 unspecified atom stereocenters. The van der Waals surface area contributed by atoms with Crippen molar-refractivity contribution in [3.8, 4) is 0 Å². The third kappa shape index (κ3) is 3.48. The summed E-state index contributed by atoms with van der Waals surface area (Å²) in [6.07, 6.45) is 1.65. The lowest BCUT2D eigenvalue weighted by molar-refractivity contribution is 0.491. The lowest BCUT2D eigenvalue weighted by Crippen LogP contribution is -2.41. The average Bonchev–Trinajstić information content (AvgIpc) is 3.14. The zero-order chi connectivity index (χ0) is 19.0. The minimum Gasteiger partial charge on any atom is -0.324 e. The number of fused-ring (bicyclic) bond motifs is 1. The smallest absolute Gasteiger partial charge is 0.324 e. The Kier molecular flexibility index (Phi) is 5.08. The Balaban J connectivity index is 2.25. The van der Waals surface area contributed by atoms with Crippen LogP contribution in [0.4, 0.5) is 0 Å². The highest BCUT2D eigenvalue weighted by Crippen LogP contribution is 2.13. The van der Waals surface area contributed by atoms with Crippen LogP contribution in [0.2, 0.25) is 0 Å². The van der Waals surface area contributed by atoms with E-state index in [1.54, 1.807) is 10.9 Å². The van der Waals surface area contributed by atoms with E-state index in [2.05, 4.69) is 29.0 Å². The Morgan fingerprint density at radius 1 is 1.04 bits per heavy atom. The Bertz CT molecular complexity index is 1040. The van der Waals surface area contributed by atoms with Crippen LogP contribution in [-0.2, 0) is 19.6 Å². The molecular weight excluding hydrogens is 352 g/mol. The van der Waals surface area contributed by atoms with Gasteiger partial charge in [-0.3, -0.25) is 13.9 Å². The van der Waals surface area contributed by atoms with Crippen LogP contribution in [0, 0.1) is 18.8 Å². The maximum atomic E-state index is 13.1. The molecule has 9 heteroatoms. The summed E-state index contributed by atoms with van der Waals surface area (Å²) in [5, 5.41) is 9.49. The highest BCUT2D eigenvalue weighted by atomic mass is 32.1. The molecule has 0 saturated heterocycles. The summed E-state index contributed by atoms with van der Waals surface area (Å²) in [6, 6.07) is 0. The van der Waals surface area contributed by atoms with Crippen molar-refractivity contribution in [1.29, 1.82) is 0 Å². The van der Waals surface area contributed by atoms with Gasteiger partial charge in [0, 0.05) is 13.1 Å². The highest BCUT2D eigenvalue weighted by molar-refractivity contribution is 7.11. The summed E-state index contributed by atoms with van der Waals surface area (Å²) in [5.41, 5.74) is 0.258. The lowest BCUT2D eigenvalue weighted by atomic mass is 10.2. The topological polar surface area (TPSA) is 87.6 Å². The van der Waals surface area contributed by atoms with E-state index in [9.17, 15) is 9.59 Å². The Morgan fingerprint density at radius 3 is 2.31 bits per heavy atom. The fourth-order valence-electron chi connectivity index (χ4n) is 2.98. The minimum atomic E-state index is -0.348. The molecule has 3 heterocycles. The molecule has 0 radical (unpaired) electrons. The van der Waals surface area contributed by atoms with E-state index in [1.165, 1.54) is 15.9 Å². The van der Waals surface area contributed by atoms with Gasteiger partial charge in [-0.25, -0.2) is 9.78 Å². The standard InChI is InChI=1S/C17H24N6O2S/c1-10(2)6-21-9-18-15-14(21)16(24)23(8-13-20-19-12(5)26-13)17(25)22(15)7-11(3)4/h9-11H,6-8H2,1-5H3. The molecule has 140 valence electrons. The molecule has 0 atom stereocenters. The summed E-state index contributed by atoms with van der Waals surface area (Å²) in [6.45, 7) is 11.4. The monoisotopic (exact) mass is 376 g/mol. The van der Waals surface area contributed by atoms with Crippen LogP contribution in [-0.4, -0.2) is 28.9 Å². The van der Waals surface area contributed by atoms with E-state index in [0.29, 0.717) is 35.2 Å². The van der Waals surface area contributed by atoms with Crippen molar-refractivity contribution in [2.24, 2.45) is 11.8 Å². The zero-order valence-electron chi connectivity index (χ0n) is 15.8. The van der Waals surface area contributed by atoms with Crippen molar-refractivity contribution in [2.45, 2.75) is 54.3 Å². The normalized spacial score (nSPS) is 12.0. The highest BCUT2D eigenvalue weighted by Gasteiger charge is 2.20. The lowest BCUT2D eigenvalue weighted by Gasteiger charge is -2.14. The number of hydrogen-bond acceptors (Lipinski definition) is 6. The van der Waals surface area contributed by atoms with Crippen molar-refractivity contribution < 1.29 is 0 Å². The summed E-state index contributed by atoms with van der Waals surface area (Å²) in [7, 11) is 0. The Morgan fingerprint density at radius 2 is 1.73 bits per heavy atom.